The van der Waals surface area contributed by atoms with Crippen LogP contribution in [-0.4, -0.2) is 32.7 Å². The summed E-state index contributed by atoms with van der Waals surface area (Å²) in [5.41, 5.74) is 1.17. The second-order valence-electron chi connectivity index (χ2n) is 4.43. The molecule has 6 heteroatoms. The maximum atomic E-state index is 11.5. The molecular weight excluding hydrogens is 388 g/mol. The number of rotatable bonds is 8. The van der Waals surface area contributed by atoms with Crippen LogP contribution in [0.25, 0.3) is 0 Å². The van der Waals surface area contributed by atoms with Crippen molar-refractivity contribution in [3.63, 3.8) is 0 Å². The zero-order valence-electron chi connectivity index (χ0n) is 11.7. The van der Waals surface area contributed by atoms with E-state index in [2.05, 4.69) is 55.5 Å². The highest BCUT2D eigenvalue weighted by atomic mass is 79.9. The van der Waals surface area contributed by atoms with Crippen molar-refractivity contribution >= 4 is 37.8 Å². The number of nitrogens with one attached hydrogen (secondary N) is 2. The predicted octanol–water partition coefficient (Wildman–Crippen LogP) is 3.01. The first-order chi connectivity index (χ1) is 9.54. The molecule has 0 saturated carbocycles. The van der Waals surface area contributed by atoms with E-state index in [4.69, 9.17) is 4.74 Å². The monoisotopic (exact) mass is 406 g/mol. The van der Waals surface area contributed by atoms with Crippen molar-refractivity contribution in [3.8, 4) is 0 Å². The van der Waals surface area contributed by atoms with E-state index in [0.29, 0.717) is 26.1 Å². The van der Waals surface area contributed by atoms with Crippen molar-refractivity contribution in [3.05, 3.63) is 32.7 Å². The summed E-state index contributed by atoms with van der Waals surface area (Å²) in [7, 11) is 1.62. The van der Waals surface area contributed by atoms with Crippen LogP contribution in [0.15, 0.2) is 27.1 Å². The molecular formula is C14H20Br2N2O2. The lowest BCUT2D eigenvalue weighted by molar-refractivity contribution is -0.121. The molecule has 0 aromatic heterocycles. The number of ether oxygens (including phenoxy) is 1. The summed E-state index contributed by atoms with van der Waals surface area (Å²) in [6.45, 7) is 3.82. The summed E-state index contributed by atoms with van der Waals surface area (Å²) >= 11 is 6.98. The van der Waals surface area contributed by atoms with Crippen molar-refractivity contribution in [2.75, 3.05) is 26.8 Å². The van der Waals surface area contributed by atoms with E-state index in [1.807, 2.05) is 12.1 Å². The Morgan fingerprint density at radius 1 is 1.35 bits per heavy atom. The highest BCUT2D eigenvalue weighted by Gasteiger charge is 2.09. The van der Waals surface area contributed by atoms with Crippen LogP contribution >= 0.6 is 31.9 Å². The van der Waals surface area contributed by atoms with Gasteiger partial charge in [-0.3, -0.25) is 4.79 Å². The van der Waals surface area contributed by atoms with E-state index in [1.165, 1.54) is 5.56 Å². The minimum atomic E-state index is 0.0385. The van der Waals surface area contributed by atoms with Crippen molar-refractivity contribution < 1.29 is 9.53 Å². The second-order valence-corrected chi connectivity index (χ2v) is 6.20. The number of amides is 1. The molecule has 1 unspecified atom stereocenters. The van der Waals surface area contributed by atoms with Gasteiger partial charge in [0.1, 0.15) is 0 Å². The predicted molar refractivity (Wildman–Crippen MR) is 87.8 cm³/mol. The maximum Gasteiger partial charge on any atom is 0.221 e. The van der Waals surface area contributed by atoms with E-state index in [9.17, 15) is 4.79 Å². The first kappa shape index (κ1) is 17.6. The molecule has 0 aliphatic heterocycles. The first-order valence-electron chi connectivity index (χ1n) is 6.48. The van der Waals surface area contributed by atoms with Gasteiger partial charge in [-0.05, 0) is 24.6 Å². The minimum Gasteiger partial charge on any atom is -0.383 e. The standard InChI is InChI=1S/C14H20Br2N2O2/c1-10(12-4-3-11(15)9-13(12)16)17-6-5-14(19)18-7-8-20-2/h3-4,9-10,17H,5-8H2,1-2H3,(H,18,19). The minimum absolute atomic E-state index is 0.0385. The Hall–Kier alpha value is -0.430. The van der Waals surface area contributed by atoms with Crippen LogP contribution in [0.3, 0.4) is 0 Å². The quantitative estimate of drug-likeness (QED) is 0.651. The lowest BCUT2D eigenvalue weighted by atomic mass is 10.1. The number of methoxy groups -OCH3 is 1. The summed E-state index contributed by atoms with van der Waals surface area (Å²) in [5.74, 6) is 0.0385. The molecule has 2 N–H and O–H groups in total. The third-order valence-corrected chi connectivity index (χ3v) is 4.04. The highest BCUT2D eigenvalue weighted by Crippen LogP contribution is 2.26. The van der Waals surface area contributed by atoms with Crippen molar-refractivity contribution in [1.82, 2.24) is 10.6 Å². The number of halogens is 2. The second kappa shape index (κ2) is 9.50. The topological polar surface area (TPSA) is 50.4 Å². The van der Waals surface area contributed by atoms with Crippen LogP contribution in [0.1, 0.15) is 24.9 Å². The molecule has 0 aliphatic carbocycles. The van der Waals surface area contributed by atoms with Crippen LogP contribution in [-0.2, 0) is 9.53 Å². The van der Waals surface area contributed by atoms with Gasteiger partial charge in [-0.25, -0.2) is 0 Å². The van der Waals surface area contributed by atoms with Gasteiger partial charge < -0.3 is 15.4 Å². The molecule has 0 spiro atoms. The van der Waals surface area contributed by atoms with Crippen LogP contribution in [0, 0.1) is 0 Å². The van der Waals surface area contributed by atoms with Gasteiger partial charge in [-0.2, -0.15) is 0 Å². The molecule has 0 heterocycles. The fourth-order valence-corrected chi connectivity index (χ4v) is 3.14. The molecule has 0 fully saturated rings. The van der Waals surface area contributed by atoms with Gasteiger partial charge in [0.2, 0.25) is 5.91 Å². The number of benzene rings is 1. The molecule has 1 rings (SSSR count). The maximum absolute atomic E-state index is 11.5. The van der Waals surface area contributed by atoms with Crippen molar-refractivity contribution in [2.24, 2.45) is 0 Å². The van der Waals surface area contributed by atoms with Gasteiger partial charge in [-0.15, -0.1) is 0 Å². The summed E-state index contributed by atoms with van der Waals surface area (Å²) < 4.78 is 6.97. The van der Waals surface area contributed by atoms with E-state index in [1.54, 1.807) is 7.11 Å². The van der Waals surface area contributed by atoms with Gasteiger partial charge in [0.25, 0.3) is 0 Å². The Morgan fingerprint density at radius 3 is 2.75 bits per heavy atom. The molecule has 1 amide bonds. The van der Waals surface area contributed by atoms with Gasteiger partial charge >= 0.3 is 0 Å². The zero-order chi connectivity index (χ0) is 15.0. The number of carbonyl (C=O) groups excluding carboxylic acids is 1. The average molecular weight is 408 g/mol. The summed E-state index contributed by atoms with van der Waals surface area (Å²) in [5, 5.41) is 6.14. The third-order valence-electron chi connectivity index (χ3n) is 2.86. The molecule has 112 valence electrons. The highest BCUT2D eigenvalue weighted by molar-refractivity contribution is 9.11. The molecule has 1 atom stereocenters. The van der Waals surface area contributed by atoms with Crippen molar-refractivity contribution in [2.45, 2.75) is 19.4 Å². The van der Waals surface area contributed by atoms with Crippen LogP contribution in [0.2, 0.25) is 0 Å². The largest absolute Gasteiger partial charge is 0.383 e. The third kappa shape index (κ3) is 6.35. The number of hydrogen-bond acceptors (Lipinski definition) is 3. The smallest absolute Gasteiger partial charge is 0.221 e. The van der Waals surface area contributed by atoms with Crippen LogP contribution < -0.4 is 10.6 Å². The van der Waals surface area contributed by atoms with E-state index < -0.39 is 0 Å². The fourth-order valence-electron chi connectivity index (χ4n) is 1.75. The molecule has 0 saturated heterocycles. The molecule has 0 radical (unpaired) electrons. The number of hydrogen-bond donors (Lipinski definition) is 2. The lowest BCUT2D eigenvalue weighted by Gasteiger charge is -2.16. The number of carbonyl (C=O) groups is 1. The lowest BCUT2D eigenvalue weighted by Crippen LogP contribution is -2.30. The molecule has 1 aromatic carbocycles. The summed E-state index contributed by atoms with van der Waals surface area (Å²) in [4.78, 5) is 11.5. The van der Waals surface area contributed by atoms with Crippen LogP contribution in [0.4, 0.5) is 0 Å². The molecule has 20 heavy (non-hydrogen) atoms. The van der Waals surface area contributed by atoms with E-state index in [0.717, 1.165) is 8.95 Å². The molecule has 0 aliphatic rings. The Kier molecular flexibility index (Phi) is 8.37. The SMILES string of the molecule is COCCNC(=O)CCNC(C)c1ccc(Br)cc1Br. The van der Waals surface area contributed by atoms with E-state index >= 15 is 0 Å². The normalized spacial score (nSPS) is 12.2. The van der Waals surface area contributed by atoms with Gasteiger partial charge in [0, 0.05) is 41.6 Å². The summed E-state index contributed by atoms with van der Waals surface area (Å²) in [6, 6.07) is 6.27. The molecule has 4 nitrogen and oxygen atoms in total. The van der Waals surface area contributed by atoms with Gasteiger partial charge in [-0.1, -0.05) is 37.9 Å². The Morgan fingerprint density at radius 2 is 2.10 bits per heavy atom. The average Bonchev–Trinajstić information content (AvgIpc) is 2.38. The van der Waals surface area contributed by atoms with E-state index in [-0.39, 0.29) is 11.9 Å². The fraction of sp³-hybridized carbons (Fsp3) is 0.500. The van der Waals surface area contributed by atoms with Gasteiger partial charge in [0.15, 0.2) is 0 Å². The Bertz CT molecular complexity index is 441. The van der Waals surface area contributed by atoms with Crippen LogP contribution in [0.5, 0.6) is 0 Å². The molecule has 0 bridgehead atoms. The Balaban J connectivity index is 2.32. The Labute approximate surface area is 136 Å². The van der Waals surface area contributed by atoms with Crippen molar-refractivity contribution in [1.29, 1.82) is 0 Å². The van der Waals surface area contributed by atoms with Gasteiger partial charge in [0.05, 0.1) is 6.61 Å². The molecule has 1 aromatic rings. The first-order valence-corrected chi connectivity index (χ1v) is 8.07. The zero-order valence-corrected chi connectivity index (χ0v) is 14.9. The summed E-state index contributed by atoms with van der Waals surface area (Å²) in [6.07, 6.45) is 0.461.